The average molecular weight is 232 g/mol. The summed E-state index contributed by atoms with van der Waals surface area (Å²) in [7, 11) is 1.80. The number of benzene rings is 1. The smallest absolute Gasteiger partial charge is 0.161 e. The Balaban J connectivity index is 3.27. The number of carbonyl (C=O) groups is 1. The summed E-state index contributed by atoms with van der Waals surface area (Å²) in [4.78, 5) is 13.3. The molecule has 0 saturated carbocycles. The number of carbonyl (C=O) groups excluding carboxylic acids is 1. The van der Waals surface area contributed by atoms with Crippen molar-refractivity contribution in [3.63, 3.8) is 0 Å². The van der Waals surface area contributed by atoms with Crippen LogP contribution in [0.3, 0.4) is 0 Å². The van der Waals surface area contributed by atoms with Crippen molar-refractivity contribution in [2.45, 2.75) is 19.9 Å². The van der Waals surface area contributed by atoms with Crippen molar-refractivity contribution in [1.29, 1.82) is 5.26 Å². The number of nitrogens with zero attached hydrogens (tertiary/aromatic N) is 2. The predicted octanol–water partition coefficient (Wildman–Crippen LogP) is 1.58. The average Bonchev–Trinajstić information content (AvgIpc) is 2.35. The van der Waals surface area contributed by atoms with E-state index < -0.39 is 0 Å². The van der Waals surface area contributed by atoms with Crippen molar-refractivity contribution in [1.82, 2.24) is 0 Å². The lowest BCUT2D eigenvalue weighted by molar-refractivity contribution is 0.101. The molecule has 0 heterocycles. The maximum absolute atomic E-state index is 11.5. The minimum absolute atomic E-state index is 0.00930. The molecule has 90 valence electrons. The van der Waals surface area contributed by atoms with Gasteiger partial charge in [0.15, 0.2) is 5.78 Å². The summed E-state index contributed by atoms with van der Waals surface area (Å²) in [6.07, 6.45) is 0. The molecule has 0 radical (unpaired) electrons. The van der Waals surface area contributed by atoms with Crippen LogP contribution in [-0.4, -0.2) is 30.6 Å². The van der Waals surface area contributed by atoms with Crippen LogP contribution in [0.4, 0.5) is 5.69 Å². The van der Waals surface area contributed by atoms with Gasteiger partial charge < -0.3 is 10.0 Å². The second-order valence-corrected chi connectivity index (χ2v) is 4.04. The molecule has 0 aliphatic rings. The number of hydrogen-bond donors (Lipinski definition) is 1. The topological polar surface area (TPSA) is 64.3 Å². The summed E-state index contributed by atoms with van der Waals surface area (Å²) in [6.45, 7) is 3.33. The highest BCUT2D eigenvalue weighted by molar-refractivity contribution is 6.00. The fraction of sp³-hybridized carbons (Fsp3) is 0.385. The number of aliphatic hydroxyl groups is 1. The quantitative estimate of drug-likeness (QED) is 0.800. The highest BCUT2D eigenvalue weighted by Gasteiger charge is 2.15. The zero-order valence-electron chi connectivity index (χ0n) is 10.3. The largest absolute Gasteiger partial charge is 0.394 e. The Labute approximate surface area is 101 Å². The Morgan fingerprint density at radius 2 is 2.24 bits per heavy atom. The van der Waals surface area contributed by atoms with Crippen LogP contribution in [0.25, 0.3) is 0 Å². The van der Waals surface area contributed by atoms with E-state index in [4.69, 9.17) is 10.4 Å². The van der Waals surface area contributed by atoms with Crippen molar-refractivity contribution in [3.8, 4) is 6.07 Å². The van der Waals surface area contributed by atoms with Gasteiger partial charge >= 0.3 is 0 Å². The van der Waals surface area contributed by atoms with Gasteiger partial charge in [0, 0.05) is 24.3 Å². The molecule has 0 fully saturated rings. The first-order valence-electron chi connectivity index (χ1n) is 5.40. The summed E-state index contributed by atoms with van der Waals surface area (Å²) in [5, 5.41) is 18.0. The molecule has 0 amide bonds. The number of hydrogen-bond acceptors (Lipinski definition) is 4. The fourth-order valence-electron chi connectivity index (χ4n) is 1.55. The monoisotopic (exact) mass is 232 g/mol. The highest BCUT2D eigenvalue weighted by atomic mass is 16.3. The number of rotatable bonds is 4. The van der Waals surface area contributed by atoms with E-state index in [2.05, 4.69) is 0 Å². The van der Waals surface area contributed by atoms with Gasteiger partial charge in [-0.2, -0.15) is 5.26 Å². The zero-order chi connectivity index (χ0) is 13.0. The van der Waals surface area contributed by atoms with Crippen LogP contribution in [0.15, 0.2) is 18.2 Å². The number of nitriles is 1. The van der Waals surface area contributed by atoms with Gasteiger partial charge in [0.2, 0.25) is 0 Å². The molecule has 0 aromatic heterocycles. The zero-order valence-corrected chi connectivity index (χ0v) is 10.3. The first-order valence-corrected chi connectivity index (χ1v) is 5.40. The molecule has 1 N–H and O–H groups in total. The Morgan fingerprint density at radius 1 is 1.59 bits per heavy atom. The van der Waals surface area contributed by atoms with Gasteiger partial charge in [-0.15, -0.1) is 0 Å². The number of Topliss-reactive ketones (excluding diaryl/α,β-unsaturated/α-hetero) is 1. The van der Waals surface area contributed by atoms with Crippen molar-refractivity contribution in [2.75, 3.05) is 18.6 Å². The van der Waals surface area contributed by atoms with Crippen molar-refractivity contribution < 1.29 is 9.90 Å². The van der Waals surface area contributed by atoms with Gasteiger partial charge in [-0.05, 0) is 32.0 Å². The van der Waals surface area contributed by atoms with Gasteiger partial charge in [-0.1, -0.05) is 0 Å². The molecule has 1 rings (SSSR count). The molecular weight excluding hydrogens is 216 g/mol. The van der Waals surface area contributed by atoms with E-state index in [0.717, 1.165) is 0 Å². The van der Waals surface area contributed by atoms with E-state index in [0.29, 0.717) is 16.8 Å². The second kappa shape index (κ2) is 5.46. The van der Waals surface area contributed by atoms with E-state index in [1.807, 2.05) is 13.0 Å². The Bertz CT molecular complexity index is 463. The molecule has 0 spiro atoms. The molecule has 0 aliphatic carbocycles. The molecule has 4 heteroatoms. The molecule has 1 aromatic carbocycles. The van der Waals surface area contributed by atoms with E-state index in [1.54, 1.807) is 30.1 Å². The molecule has 1 atom stereocenters. The van der Waals surface area contributed by atoms with Gasteiger partial charge in [0.25, 0.3) is 0 Å². The SMILES string of the molecule is CC(=O)c1ccc(C#N)cc1N(C)C(C)CO. The van der Waals surface area contributed by atoms with Crippen LogP contribution in [0.1, 0.15) is 29.8 Å². The van der Waals surface area contributed by atoms with Crippen LogP contribution in [0, 0.1) is 11.3 Å². The van der Waals surface area contributed by atoms with Crippen LogP contribution in [0.5, 0.6) is 0 Å². The van der Waals surface area contributed by atoms with E-state index in [1.165, 1.54) is 6.92 Å². The van der Waals surface area contributed by atoms with Gasteiger partial charge in [-0.3, -0.25) is 4.79 Å². The Kier molecular flexibility index (Phi) is 4.24. The highest BCUT2D eigenvalue weighted by Crippen LogP contribution is 2.23. The minimum atomic E-state index is -0.109. The number of likely N-dealkylation sites (N-methyl/N-ethyl adjacent to an activating group) is 1. The lowest BCUT2D eigenvalue weighted by Gasteiger charge is -2.27. The maximum Gasteiger partial charge on any atom is 0.161 e. The lowest BCUT2D eigenvalue weighted by atomic mass is 10.0. The number of ketones is 1. The summed E-state index contributed by atoms with van der Waals surface area (Å²) in [5.74, 6) is -0.0542. The van der Waals surface area contributed by atoms with E-state index in [9.17, 15) is 4.79 Å². The van der Waals surface area contributed by atoms with Crippen molar-refractivity contribution in [3.05, 3.63) is 29.3 Å². The first-order chi connectivity index (χ1) is 8.01. The fourth-order valence-corrected chi connectivity index (χ4v) is 1.55. The summed E-state index contributed by atoms with van der Waals surface area (Å²) in [6, 6.07) is 6.88. The standard InChI is InChI=1S/C13H16N2O2/c1-9(8-16)15(3)13-6-11(7-14)4-5-12(13)10(2)17/h4-6,9,16H,8H2,1-3H3. The molecular formula is C13H16N2O2. The van der Waals surface area contributed by atoms with E-state index >= 15 is 0 Å². The molecule has 1 unspecified atom stereocenters. The van der Waals surface area contributed by atoms with Crippen LogP contribution in [0.2, 0.25) is 0 Å². The molecule has 4 nitrogen and oxygen atoms in total. The second-order valence-electron chi connectivity index (χ2n) is 4.04. The van der Waals surface area contributed by atoms with Crippen LogP contribution in [-0.2, 0) is 0 Å². The van der Waals surface area contributed by atoms with Crippen LogP contribution >= 0.6 is 0 Å². The molecule has 1 aromatic rings. The number of aliphatic hydroxyl groups excluding tert-OH is 1. The lowest BCUT2D eigenvalue weighted by Crippen LogP contribution is -2.32. The number of anilines is 1. The van der Waals surface area contributed by atoms with Crippen molar-refractivity contribution >= 4 is 11.5 Å². The van der Waals surface area contributed by atoms with E-state index in [-0.39, 0.29) is 18.4 Å². The third-order valence-electron chi connectivity index (χ3n) is 2.81. The summed E-state index contributed by atoms with van der Waals surface area (Å²) in [5.41, 5.74) is 1.74. The normalized spacial score (nSPS) is 11.7. The third-order valence-corrected chi connectivity index (χ3v) is 2.81. The summed E-state index contributed by atoms with van der Waals surface area (Å²) < 4.78 is 0. The minimum Gasteiger partial charge on any atom is -0.394 e. The Morgan fingerprint density at radius 3 is 2.71 bits per heavy atom. The van der Waals surface area contributed by atoms with Gasteiger partial charge in [0.1, 0.15) is 0 Å². The first kappa shape index (κ1) is 13.2. The molecule has 0 bridgehead atoms. The van der Waals surface area contributed by atoms with Gasteiger partial charge in [0.05, 0.1) is 18.2 Å². The van der Waals surface area contributed by atoms with Gasteiger partial charge in [-0.25, -0.2) is 0 Å². The Hall–Kier alpha value is -1.86. The van der Waals surface area contributed by atoms with Crippen molar-refractivity contribution in [2.24, 2.45) is 0 Å². The maximum atomic E-state index is 11.5. The predicted molar refractivity (Wildman–Crippen MR) is 66.1 cm³/mol. The molecule has 17 heavy (non-hydrogen) atoms. The summed E-state index contributed by atoms with van der Waals surface area (Å²) >= 11 is 0. The third kappa shape index (κ3) is 2.83. The molecule has 0 saturated heterocycles. The van der Waals surface area contributed by atoms with Crippen LogP contribution < -0.4 is 4.90 Å². The molecule has 0 aliphatic heterocycles.